The first-order valence-electron chi connectivity index (χ1n) is 6.03. The van der Waals surface area contributed by atoms with Gasteiger partial charge in [-0.2, -0.15) is 0 Å². The van der Waals surface area contributed by atoms with Crippen molar-refractivity contribution in [2.24, 2.45) is 5.73 Å². The molecule has 0 fully saturated rings. The molecule has 1 atom stereocenters. The van der Waals surface area contributed by atoms with Crippen molar-refractivity contribution >= 4 is 5.97 Å². The Labute approximate surface area is 108 Å². The van der Waals surface area contributed by atoms with Crippen molar-refractivity contribution in [3.8, 4) is 5.75 Å². The van der Waals surface area contributed by atoms with E-state index in [0.29, 0.717) is 6.42 Å². The van der Waals surface area contributed by atoms with Crippen molar-refractivity contribution < 1.29 is 14.6 Å². The van der Waals surface area contributed by atoms with Gasteiger partial charge in [-0.3, -0.25) is 4.79 Å². The number of benzene rings is 1. The van der Waals surface area contributed by atoms with Crippen molar-refractivity contribution in [2.45, 2.75) is 39.2 Å². The van der Waals surface area contributed by atoms with E-state index in [0.717, 1.165) is 22.4 Å². The number of hydrogen-bond donors (Lipinski definition) is 2. The largest absolute Gasteiger partial charge is 0.496 e. The van der Waals surface area contributed by atoms with Crippen molar-refractivity contribution in [1.82, 2.24) is 0 Å². The zero-order valence-electron chi connectivity index (χ0n) is 11.4. The van der Waals surface area contributed by atoms with Gasteiger partial charge < -0.3 is 15.6 Å². The standard InChI is InChI=1S/C14H21NO3/c1-8(2)12-10(7-11(15)14(16)17)6-5-9(3)13(12)18-4/h5-6,8,11H,7,15H2,1-4H3,(H,16,17). The summed E-state index contributed by atoms with van der Waals surface area (Å²) in [5, 5.41) is 8.90. The number of rotatable bonds is 5. The molecule has 0 spiro atoms. The van der Waals surface area contributed by atoms with Crippen LogP contribution >= 0.6 is 0 Å². The number of aliphatic carboxylic acids is 1. The fourth-order valence-corrected chi connectivity index (χ4v) is 2.16. The minimum absolute atomic E-state index is 0.260. The van der Waals surface area contributed by atoms with Gasteiger partial charge >= 0.3 is 5.97 Å². The Morgan fingerprint density at radius 3 is 2.50 bits per heavy atom. The van der Waals surface area contributed by atoms with Crippen LogP contribution in [0.25, 0.3) is 0 Å². The Morgan fingerprint density at radius 2 is 2.06 bits per heavy atom. The third-order valence-electron chi connectivity index (χ3n) is 3.02. The highest BCUT2D eigenvalue weighted by molar-refractivity contribution is 5.73. The maximum absolute atomic E-state index is 10.8. The topological polar surface area (TPSA) is 72.5 Å². The van der Waals surface area contributed by atoms with Gasteiger partial charge in [-0.1, -0.05) is 26.0 Å². The molecule has 4 heteroatoms. The van der Waals surface area contributed by atoms with E-state index in [2.05, 4.69) is 13.8 Å². The second-order valence-electron chi connectivity index (χ2n) is 4.79. The van der Waals surface area contributed by atoms with E-state index in [4.69, 9.17) is 15.6 Å². The van der Waals surface area contributed by atoms with Crippen LogP contribution in [-0.4, -0.2) is 24.2 Å². The average Bonchev–Trinajstić information content (AvgIpc) is 2.30. The highest BCUT2D eigenvalue weighted by Gasteiger charge is 2.19. The van der Waals surface area contributed by atoms with E-state index in [-0.39, 0.29) is 5.92 Å². The third kappa shape index (κ3) is 3.01. The molecule has 4 nitrogen and oxygen atoms in total. The Hall–Kier alpha value is -1.55. The van der Waals surface area contributed by atoms with Gasteiger partial charge in [-0.25, -0.2) is 0 Å². The lowest BCUT2D eigenvalue weighted by Gasteiger charge is -2.20. The minimum atomic E-state index is -0.982. The second-order valence-corrected chi connectivity index (χ2v) is 4.79. The average molecular weight is 251 g/mol. The summed E-state index contributed by atoms with van der Waals surface area (Å²) in [6.07, 6.45) is 0.319. The molecule has 0 aliphatic carbocycles. The van der Waals surface area contributed by atoms with Crippen molar-refractivity contribution in [3.63, 3.8) is 0 Å². The molecule has 0 amide bonds. The fraction of sp³-hybridized carbons (Fsp3) is 0.500. The number of nitrogens with two attached hydrogens (primary N) is 1. The molecule has 1 unspecified atom stereocenters. The lowest BCUT2D eigenvalue weighted by atomic mass is 9.90. The summed E-state index contributed by atoms with van der Waals surface area (Å²) in [5.41, 5.74) is 8.65. The maximum atomic E-state index is 10.8. The van der Waals surface area contributed by atoms with Crippen molar-refractivity contribution in [3.05, 3.63) is 28.8 Å². The summed E-state index contributed by atoms with van der Waals surface area (Å²) >= 11 is 0. The number of carboxylic acid groups (broad SMARTS) is 1. The number of hydrogen-bond acceptors (Lipinski definition) is 3. The molecule has 1 aromatic carbocycles. The third-order valence-corrected chi connectivity index (χ3v) is 3.02. The highest BCUT2D eigenvalue weighted by atomic mass is 16.5. The first kappa shape index (κ1) is 14.5. The lowest BCUT2D eigenvalue weighted by molar-refractivity contribution is -0.138. The van der Waals surface area contributed by atoms with Gasteiger partial charge in [0.1, 0.15) is 11.8 Å². The molecule has 0 aromatic heterocycles. The molecule has 0 aliphatic rings. The smallest absolute Gasteiger partial charge is 0.320 e. The summed E-state index contributed by atoms with van der Waals surface area (Å²) in [4.78, 5) is 10.8. The van der Waals surface area contributed by atoms with E-state index >= 15 is 0 Å². The van der Waals surface area contributed by atoms with Gasteiger partial charge in [-0.15, -0.1) is 0 Å². The van der Waals surface area contributed by atoms with E-state index in [9.17, 15) is 4.79 Å². The molecule has 1 aromatic rings. The molecule has 0 heterocycles. The number of ether oxygens (including phenoxy) is 1. The zero-order valence-corrected chi connectivity index (χ0v) is 11.4. The fourth-order valence-electron chi connectivity index (χ4n) is 2.16. The summed E-state index contributed by atoms with van der Waals surface area (Å²) < 4.78 is 5.43. The number of methoxy groups -OCH3 is 1. The minimum Gasteiger partial charge on any atom is -0.496 e. The SMILES string of the molecule is COc1c(C)ccc(CC(N)C(=O)O)c1C(C)C. The van der Waals surface area contributed by atoms with Crippen LogP contribution in [0, 0.1) is 6.92 Å². The number of carbonyl (C=O) groups is 1. The summed E-state index contributed by atoms with van der Waals surface area (Å²) in [7, 11) is 1.63. The Morgan fingerprint density at radius 1 is 1.44 bits per heavy atom. The van der Waals surface area contributed by atoms with Crippen LogP contribution in [0.3, 0.4) is 0 Å². The second kappa shape index (κ2) is 5.87. The molecule has 0 saturated heterocycles. The van der Waals surface area contributed by atoms with Gasteiger partial charge in [0.15, 0.2) is 0 Å². The van der Waals surface area contributed by atoms with Crippen LogP contribution in [0.1, 0.15) is 36.5 Å². The van der Waals surface area contributed by atoms with Crippen LogP contribution in [-0.2, 0) is 11.2 Å². The Kier molecular flexibility index (Phi) is 4.73. The quantitative estimate of drug-likeness (QED) is 0.840. The van der Waals surface area contributed by atoms with Gasteiger partial charge in [-0.05, 0) is 30.4 Å². The molecule has 0 saturated carbocycles. The first-order valence-corrected chi connectivity index (χ1v) is 6.03. The molecule has 18 heavy (non-hydrogen) atoms. The predicted octanol–water partition coefficient (Wildman–Crippen LogP) is 2.08. The van der Waals surface area contributed by atoms with Gasteiger partial charge in [0.2, 0.25) is 0 Å². The Bertz CT molecular complexity index is 441. The van der Waals surface area contributed by atoms with E-state index in [1.165, 1.54) is 0 Å². The van der Waals surface area contributed by atoms with Gasteiger partial charge in [0.05, 0.1) is 7.11 Å². The normalized spacial score (nSPS) is 12.6. The molecular formula is C14H21NO3. The van der Waals surface area contributed by atoms with Crippen LogP contribution < -0.4 is 10.5 Å². The van der Waals surface area contributed by atoms with E-state index < -0.39 is 12.0 Å². The molecule has 0 aliphatic heterocycles. The summed E-state index contributed by atoms with van der Waals surface area (Å²) in [6.45, 7) is 6.10. The van der Waals surface area contributed by atoms with E-state index in [1.54, 1.807) is 7.11 Å². The van der Waals surface area contributed by atoms with E-state index in [1.807, 2.05) is 19.1 Å². The number of carboxylic acids is 1. The Balaban J connectivity index is 3.23. The monoisotopic (exact) mass is 251 g/mol. The molecule has 100 valence electrons. The highest BCUT2D eigenvalue weighted by Crippen LogP contribution is 2.33. The predicted molar refractivity (Wildman–Crippen MR) is 71.1 cm³/mol. The zero-order chi connectivity index (χ0) is 13.9. The maximum Gasteiger partial charge on any atom is 0.320 e. The van der Waals surface area contributed by atoms with Crippen molar-refractivity contribution in [2.75, 3.05) is 7.11 Å². The van der Waals surface area contributed by atoms with Crippen LogP contribution in [0.4, 0.5) is 0 Å². The van der Waals surface area contributed by atoms with Crippen LogP contribution in [0.2, 0.25) is 0 Å². The summed E-state index contributed by atoms with van der Waals surface area (Å²) in [5.74, 6) is 0.111. The van der Waals surface area contributed by atoms with Gasteiger partial charge in [0, 0.05) is 5.56 Å². The molecule has 1 rings (SSSR count). The first-order chi connectivity index (χ1) is 8.38. The van der Waals surface area contributed by atoms with Crippen LogP contribution in [0.15, 0.2) is 12.1 Å². The molecular weight excluding hydrogens is 230 g/mol. The van der Waals surface area contributed by atoms with Gasteiger partial charge in [0.25, 0.3) is 0 Å². The number of aryl methyl sites for hydroxylation is 1. The molecule has 3 N–H and O–H groups in total. The molecule has 0 radical (unpaired) electrons. The van der Waals surface area contributed by atoms with Crippen molar-refractivity contribution in [1.29, 1.82) is 0 Å². The summed E-state index contributed by atoms with van der Waals surface area (Å²) in [6, 6.07) is 3.00. The molecule has 0 bridgehead atoms. The lowest BCUT2D eigenvalue weighted by Crippen LogP contribution is -2.32. The van der Waals surface area contributed by atoms with Crippen LogP contribution in [0.5, 0.6) is 5.75 Å².